The zero-order valence-corrected chi connectivity index (χ0v) is 20.2. The lowest BCUT2D eigenvalue weighted by Gasteiger charge is -2.25. The van der Waals surface area contributed by atoms with Gasteiger partial charge in [-0.2, -0.15) is 0 Å². The molecule has 0 radical (unpaired) electrons. The minimum atomic E-state index is -0.0203. The van der Waals surface area contributed by atoms with Gasteiger partial charge in [-0.1, -0.05) is 36.4 Å². The van der Waals surface area contributed by atoms with Gasteiger partial charge in [0.1, 0.15) is 5.65 Å². The van der Waals surface area contributed by atoms with Crippen LogP contribution in [0.2, 0.25) is 0 Å². The topological polar surface area (TPSA) is 50.1 Å². The van der Waals surface area contributed by atoms with E-state index in [4.69, 9.17) is 9.72 Å². The number of hydrogen-bond acceptors (Lipinski definition) is 4. The molecule has 1 aliphatic rings. The minimum Gasteiger partial charge on any atom is -0.378 e. The van der Waals surface area contributed by atoms with E-state index >= 15 is 0 Å². The van der Waals surface area contributed by atoms with Crippen LogP contribution in [0.3, 0.4) is 0 Å². The molecule has 4 rings (SSSR count). The van der Waals surface area contributed by atoms with E-state index in [2.05, 4.69) is 28.5 Å². The largest absolute Gasteiger partial charge is 0.378 e. The van der Waals surface area contributed by atoms with Crippen LogP contribution in [-0.2, 0) is 17.7 Å². The number of ether oxygens (including phenoxy) is 1. The standard InChI is InChI=1S/C27H36N4O2/c1-21-10-9-16-31-24(20-29(2)17-15-23-13-7-8-19-33-23)25(28-26(21)31)27(32)30(3)18-14-22-11-5-4-6-12-22/h4-6,9-12,16,23H,7-8,13-15,17-20H2,1-3H3/t23-/m0/s1. The van der Waals surface area contributed by atoms with Crippen LogP contribution >= 0.6 is 0 Å². The highest BCUT2D eigenvalue weighted by Gasteiger charge is 2.24. The lowest BCUT2D eigenvalue weighted by atomic mass is 10.1. The normalized spacial score (nSPS) is 16.4. The smallest absolute Gasteiger partial charge is 0.274 e. The zero-order valence-electron chi connectivity index (χ0n) is 20.2. The number of carbonyl (C=O) groups excluding carboxylic acids is 1. The van der Waals surface area contributed by atoms with Crippen molar-refractivity contribution in [3.63, 3.8) is 0 Å². The maximum absolute atomic E-state index is 13.5. The number of fused-ring (bicyclic) bond motifs is 1. The zero-order chi connectivity index (χ0) is 23.2. The summed E-state index contributed by atoms with van der Waals surface area (Å²) in [6.07, 6.45) is 7.81. The van der Waals surface area contributed by atoms with E-state index in [1.807, 2.05) is 50.5 Å². The van der Waals surface area contributed by atoms with E-state index in [9.17, 15) is 4.79 Å². The molecule has 3 aromatic rings. The van der Waals surface area contributed by atoms with Crippen molar-refractivity contribution in [1.82, 2.24) is 19.2 Å². The first kappa shape index (κ1) is 23.5. The number of amides is 1. The van der Waals surface area contributed by atoms with Crippen molar-refractivity contribution in [3.8, 4) is 0 Å². The summed E-state index contributed by atoms with van der Waals surface area (Å²) in [4.78, 5) is 22.4. The van der Waals surface area contributed by atoms with Crippen molar-refractivity contribution >= 4 is 11.6 Å². The maximum atomic E-state index is 13.5. The molecule has 0 N–H and O–H groups in total. The van der Waals surface area contributed by atoms with Crippen LogP contribution in [0.5, 0.6) is 0 Å². The summed E-state index contributed by atoms with van der Waals surface area (Å²) >= 11 is 0. The quantitative estimate of drug-likeness (QED) is 0.488. The second-order valence-electron chi connectivity index (χ2n) is 9.27. The van der Waals surface area contributed by atoms with Crippen molar-refractivity contribution in [2.75, 3.05) is 33.8 Å². The highest BCUT2D eigenvalue weighted by Crippen LogP contribution is 2.20. The van der Waals surface area contributed by atoms with E-state index in [0.717, 1.165) is 49.3 Å². The van der Waals surface area contributed by atoms with E-state index in [0.29, 0.717) is 24.9 Å². The molecule has 1 aliphatic heterocycles. The number of rotatable bonds is 9. The van der Waals surface area contributed by atoms with Gasteiger partial charge >= 0.3 is 0 Å². The summed E-state index contributed by atoms with van der Waals surface area (Å²) in [7, 11) is 3.99. The van der Waals surface area contributed by atoms with Gasteiger partial charge in [0.15, 0.2) is 5.69 Å². The number of carbonyl (C=O) groups is 1. The molecule has 0 aliphatic carbocycles. The van der Waals surface area contributed by atoms with Crippen LogP contribution in [0.25, 0.3) is 5.65 Å². The molecule has 0 bridgehead atoms. The molecule has 2 aromatic heterocycles. The molecule has 176 valence electrons. The average Bonchev–Trinajstić information content (AvgIpc) is 3.21. The molecule has 33 heavy (non-hydrogen) atoms. The number of benzene rings is 1. The van der Waals surface area contributed by atoms with Crippen molar-refractivity contribution in [2.24, 2.45) is 0 Å². The van der Waals surface area contributed by atoms with E-state index in [-0.39, 0.29) is 5.91 Å². The monoisotopic (exact) mass is 448 g/mol. The summed E-state index contributed by atoms with van der Waals surface area (Å²) < 4.78 is 7.99. The van der Waals surface area contributed by atoms with Crippen LogP contribution in [0.1, 0.15) is 53.0 Å². The number of likely N-dealkylation sites (N-methyl/N-ethyl adjacent to an activating group) is 1. The summed E-state index contributed by atoms with van der Waals surface area (Å²) in [6.45, 7) is 5.19. The van der Waals surface area contributed by atoms with Crippen molar-refractivity contribution in [3.05, 3.63) is 71.2 Å². The third kappa shape index (κ3) is 5.81. The van der Waals surface area contributed by atoms with E-state index in [1.165, 1.54) is 18.4 Å². The van der Waals surface area contributed by atoms with Crippen molar-refractivity contribution < 1.29 is 9.53 Å². The third-order valence-electron chi connectivity index (χ3n) is 6.60. The highest BCUT2D eigenvalue weighted by atomic mass is 16.5. The van der Waals surface area contributed by atoms with Crippen molar-refractivity contribution in [1.29, 1.82) is 0 Å². The molecule has 0 unspecified atom stereocenters. The fraction of sp³-hybridized carbons (Fsp3) is 0.481. The number of aryl methyl sites for hydroxylation is 1. The summed E-state index contributed by atoms with van der Waals surface area (Å²) in [5.41, 5.74) is 4.67. The molecule has 3 heterocycles. The van der Waals surface area contributed by atoms with Gasteiger partial charge in [-0.05, 0) is 63.3 Å². The molecular weight excluding hydrogens is 412 g/mol. The Kier molecular flexibility index (Phi) is 7.78. The molecule has 1 atom stereocenters. The third-order valence-corrected chi connectivity index (χ3v) is 6.60. The minimum absolute atomic E-state index is 0.0203. The fourth-order valence-electron chi connectivity index (χ4n) is 4.53. The van der Waals surface area contributed by atoms with Gasteiger partial charge in [0, 0.05) is 39.5 Å². The predicted molar refractivity (Wildman–Crippen MR) is 132 cm³/mol. The van der Waals surface area contributed by atoms with E-state index in [1.54, 1.807) is 4.90 Å². The summed E-state index contributed by atoms with van der Waals surface area (Å²) in [5.74, 6) is -0.0203. The average molecular weight is 449 g/mol. The van der Waals surface area contributed by atoms with Crippen LogP contribution in [-0.4, -0.2) is 65.0 Å². The molecule has 1 fully saturated rings. The van der Waals surface area contributed by atoms with Gasteiger partial charge in [0.05, 0.1) is 11.8 Å². The van der Waals surface area contributed by atoms with Crippen LogP contribution in [0, 0.1) is 6.92 Å². The SMILES string of the molecule is Cc1cccn2c(CN(C)CC[C@@H]3CCCCO3)c(C(=O)N(C)CCc3ccccc3)nc12. The Hall–Kier alpha value is -2.70. The Bertz CT molecular complexity index is 1060. The van der Waals surface area contributed by atoms with E-state index < -0.39 is 0 Å². The Morgan fingerprint density at radius 2 is 1.94 bits per heavy atom. The Labute approximate surface area is 197 Å². The second-order valence-corrected chi connectivity index (χ2v) is 9.27. The lowest BCUT2D eigenvalue weighted by Crippen LogP contribution is -2.31. The summed E-state index contributed by atoms with van der Waals surface area (Å²) in [5, 5.41) is 0. The fourth-order valence-corrected chi connectivity index (χ4v) is 4.53. The molecule has 6 nitrogen and oxygen atoms in total. The molecule has 0 spiro atoms. The number of nitrogens with zero attached hydrogens (tertiary/aromatic N) is 4. The number of imidazole rings is 1. The maximum Gasteiger partial charge on any atom is 0.274 e. The molecule has 1 saturated heterocycles. The van der Waals surface area contributed by atoms with Crippen LogP contribution in [0.4, 0.5) is 0 Å². The first-order valence-electron chi connectivity index (χ1n) is 12.1. The van der Waals surface area contributed by atoms with Gasteiger partial charge < -0.3 is 18.9 Å². The van der Waals surface area contributed by atoms with Gasteiger partial charge in [-0.15, -0.1) is 0 Å². The molecule has 6 heteroatoms. The predicted octanol–water partition coefficient (Wildman–Crippen LogP) is 4.35. The number of hydrogen-bond donors (Lipinski definition) is 0. The molecule has 1 aromatic carbocycles. The van der Waals surface area contributed by atoms with Crippen molar-refractivity contribution in [2.45, 2.75) is 51.7 Å². The molecule has 0 saturated carbocycles. The first-order chi connectivity index (χ1) is 16.0. The lowest BCUT2D eigenvalue weighted by molar-refractivity contribution is 0.00633. The summed E-state index contributed by atoms with van der Waals surface area (Å²) in [6, 6.07) is 14.4. The Balaban J connectivity index is 1.49. The first-order valence-corrected chi connectivity index (χ1v) is 12.1. The Morgan fingerprint density at radius 3 is 2.70 bits per heavy atom. The van der Waals surface area contributed by atoms with Crippen LogP contribution < -0.4 is 0 Å². The van der Waals surface area contributed by atoms with Gasteiger partial charge in [0.2, 0.25) is 0 Å². The number of pyridine rings is 1. The van der Waals surface area contributed by atoms with Crippen LogP contribution in [0.15, 0.2) is 48.7 Å². The molecular formula is C27H36N4O2. The second kappa shape index (κ2) is 10.9. The van der Waals surface area contributed by atoms with Gasteiger partial charge in [-0.3, -0.25) is 4.79 Å². The van der Waals surface area contributed by atoms with Gasteiger partial charge in [-0.25, -0.2) is 4.98 Å². The molecule has 1 amide bonds. The Morgan fingerprint density at radius 1 is 1.12 bits per heavy atom. The van der Waals surface area contributed by atoms with Gasteiger partial charge in [0.25, 0.3) is 5.91 Å². The highest BCUT2D eigenvalue weighted by molar-refractivity contribution is 5.94. The number of aromatic nitrogens is 2.